The fraction of sp³-hybridized carbons (Fsp3) is 0.0476. The minimum Gasteiger partial charge on any atom is -0.493 e. The molecule has 0 unspecified atom stereocenters. The molecule has 2 aromatic heterocycles. The first-order valence-electron chi connectivity index (χ1n) is 8.89. The molecule has 0 spiro atoms. The molecule has 30 heavy (non-hydrogen) atoms. The van der Waals surface area contributed by atoms with Gasteiger partial charge in [0.25, 0.3) is 5.91 Å². The van der Waals surface area contributed by atoms with Gasteiger partial charge in [-0.15, -0.1) is 11.3 Å². The molecule has 148 valence electrons. The summed E-state index contributed by atoms with van der Waals surface area (Å²) >= 11 is 2.51. The summed E-state index contributed by atoms with van der Waals surface area (Å²) in [4.78, 5) is 26.2. The van der Waals surface area contributed by atoms with Crippen LogP contribution in [0.25, 0.3) is 16.8 Å². The van der Waals surface area contributed by atoms with E-state index in [4.69, 9.17) is 0 Å². The third-order valence-corrected chi connectivity index (χ3v) is 6.52. The van der Waals surface area contributed by atoms with E-state index in [1.165, 1.54) is 34.1 Å². The number of hydrogen-bond acceptors (Lipinski definition) is 6. The Bertz CT molecular complexity index is 1500. The van der Waals surface area contributed by atoms with E-state index in [0.29, 0.717) is 25.4 Å². The lowest BCUT2D eigenvalue weighted by Crippen LogP contribution is -2.23. The van der Waals surface area contributed by atoms with Crippen LogP contribution in [0.4, 0.5) is 9.52 Å². The highest BCUT2D eigenvalue weighted by molar-refractivity contribution is 7.14. The van der Waals surface area contributed by atoms with Crippen LogP contribution < -0.4 is 15.4 Å². The first-order valence-corrected chi connectivity index (χ1v) is 10.6. The molecule has 2 aromatic carbocycles. The lowest BCUT2D eigenvalue weighted by molar-refractivity contribution is -0.112. The van der Waals surface area contributed by atoms with Crippen LogP contribution in [0.1, 0.15) is 4.88 Å². The Morgan fingerprint density at radius 3 is 2.77 bits per heavy atom. The fourth-order valence-electron chi connectivity index (χ4n) is 3.15. The van der Waals surface area contributed by atoms with E-state index in [0.717, 1.165) is 22.6 Å². The van der Waals surface area contributed by atoms with Gasteiger partial charge < -0.3 is 5.11 Å². The van der Waals surface area contributed by atoms with Crippen LogP contribution in [-0.2, 0) is 11.8 Å². The molecular weight excluding hydrogens is 423 g/mol. The number of fused-ring (bicyclic) bond motifs is 1. The number of carbonyl (C=O) groups excluding carboxylic acids is 1. The number of aromatic hydroxyl groups is 1. The number of aromatic nitrogens is 2. The standard InChI is InChI=1S/C21H13FN4O2S2/c1-26-19(28)17(16-13-9-12(22)7-8-14(13)23-18(16)27)30-21(26)25-20-24-15(10-29-20)11-5-3-2-4-6-11/h2-10,28H,1H3/b25-21+. The van der Waals surface area contributed by atoms with Gasteiger partial charge in [-0.1, -0.05) is 41.7 Å². The average Bonchev–Trinajstić information content (AvgIpc) is 3.41. The largest absolute Gasteiger partial charge is 0.493 e. The Morgan fingerprint density at radius 1 is 1.17 bits per heavy atom. The first-order chi connectivity index (χ1) is 14.5. The summed E-state index contributed by atoms with van der Waals surface area (Å²) in [6.45, 7) is 0. The molecule has 0 saturated heterocycles. The van der Waals surface area contributed by atoms with Gasteiger partial charge in [0, 0.05) is 23.2 Å². The molecule has 1 amide bonds. The van der Waals surface area contributed by atoms with Gasteiger partial charge in [-0.25, -0.2) is 14.4 Å². The van der Waals surface area contributed by atoms with Crippen LogP contribution >= 0.6 is 22.7 Å². The number of hydrogen-bond donors (Lipinski definition) is 1. The van der Waals surface area contributed by atoms with Crippen molar-refractivity contribution in [3.63, 3.8) is 0 Å². The van der Waals surface area contributed by atoms with Crippen molar-refractivity contribution in [2.24, 2.45) is 17.0 Å². The third-order valence-electron chi connectivity index (χ3n) is 4.64. The van der Waals surface area contributed by atoms with Crippen LogP contribution in [-0.4, -0.2) is 20.6 Å². The van der Waals surface area contributed by atoms with Gasteiger partial charge in [0.1, 0.15) is 10.7 Å². The molecule has 6 nitrogen and oxygen atoms in total. The highest BCUT2D eigenvalue weighted by atomic mass is 32.1. The summed E-state index contributed by atoms with van der Waals surface area (Å²) in [5.41, 5.74) is 1.97. The van der Waals surface area contributed by atoms with E-state index >= 15 is 0 Å². The second kappa shape index (κ2) is 7.12. The Labute approximate surface area is 177 Å². The summed E-state index contributed by atoms with van der Waals surface area (Å²) in [7, 11) is 1.64. The Hall–Kier alpha value is -3.43. The SMILES string of the molecule is Cn1c(O)c(C2=c3cc(F)ccc3=NC2=O)s/c1=N/c1nc(-c2ccccc2)cs1. The molecule has 1 aliphatic heterocycles. The Kier molecular flexibility index (Phi) is 4.41. The maximum absolute atomic E-state index is 13.7. The molecular formula is C21H13FN4O2S2. The van der Waals surface area contributed by atoms with Gasteiger partial charge in [-0.05, 0) is 18.2 Å². The van der Waals surface area contributed by atoms with E-state index in [2.05, 4.69) is 15.0 Å². The third kappa shape index (κ3) is 3.08. The van der Waals surface area contributed by atoms with E-state index in [1.54, 1.807) is 7.05 Å². The van der Waals surface area contributed by atoms with E-state index in [1.807, 2.05) is 35.7 Å². The minimum atomic E-state index is -0.514. The summed E-state index contributed by atoms with van der Waals surface area (Å²) in [5, 5.41) is 13.8. The van der Waals surface area contributed by atoms with Crippen molar-refractivity contribution < 1.29 is 14.3 Å². The molecule has 5 rings (SSSR count). The number of halogens is 1. The second-order valence-corrected chi connectivity index (χ2v) is 8.36. The predicted octanol–water partition coefficient (Wildman–Crippen LogP) is 2.65. The molecule has 0 atom stereocenters. The molecule has 4 aromatic rings. The topological polar surface area (TPSA) is 79.8 Å². The highest BCUT2D eigenvalue weighted by Crippen LogP contribution is 2.29. The maximum atomic E-state index is 13.7. The number of nitrogens with zero attached hydrogens (tertiary/aromatic N) is 4. The van der Waals surface area contributed by atoms with Crippen molar-refractivity contribution >= 4 is 39.3 Å². The summed E-state index contributed by atoms with van der Waals surface area (Å²) in [6.07, 6.45) is 0. The van der Waals surface area contributed by atoms with Gasteiger partial charge >= 0.3 is 0 Å². The molecule has 0 radical (unpaired) electrons. The summed E-state index contributed by atoms with van der Waals surface area (Å²) in [5.74, 6) is -1.12. The highest BCUT2D eigenvalue weighted by Gasteiger charge is 2.25. The number of thiazole rings is 2. The van der Waals surface area contributed by atoms with Gasteiger partial charge in [-0.2, -0.15) is 4.99 Å². The van der Waals surface area contributed by atoms with Crippen molar-refractivity contribution in [1.29, 1.82) is 0 Å². The molecule has 0 aliphatic carbocycles. The lowest BCUT2D eigenvalue weighted by Gasteiger charge is -1.98. The molecule has 0 saturated carbocycles. The van der Waals surface area contributed by atoms with Gasteiger partial charge in [0.2, 0.25) is 11.0 Å². The quantitative estimate of drug-likeness (QED) is 0.536. The number of amides is 1. The molecule has 1 aliphatic rings. The monoisotopic (exact) mass is 436 g/mol. The number of benzene rings is 2. The van der Waals surface area contributed by atoms with Gasteiger partial charge in [0.05, 0.1) is 16.6 Å². The van der Waals surface area contributed by atoms with Gasteiger partial charge in [-0.3, -0.25) is 9.36 Å². The molecule has 3 heterocycles. The molecule has 0 bridgehead atoms. The molecule has 1 N–H and O–H groups in total. The van der Waals surface area contributed by atoms with Crippen molar-refractivity contribution in [3.05, 3.63) is 80.0 Å². The van der Waals surface area contributed by atoms with Crippen LogP contribution in [0.2, 0.25) is 0 Å². The Balaban J connectivity index is 1.63. The first kappa shape index (κ1) is 18.6. The molecule has 0 fully saturated rings. The van der Waals surface area contributed by atoms with E-state index < -0.39 is 11.7 Å². The van der Waals surface area contributed by atoms with Crippen molar-refractivity contribution in [2.75, 3.05) is 0 Å². The molecule has 9 heteroatoms. The smallest absolute Gasteiger partial charge is 0.279 e. The predicted molar refractivity (Wildman–Crippen MR) is 112 cm³/mol. The van der Waals surface area contributed by atoms with Crippen molar-refractivity contribution in [1.82, 2.24) is 9.55 Å². The maximum Gasteiger partial charge on any atom is 0.279 e. The van der Waals surface area contributed by atoms with Crippen LogP contribution in [0.5, 0.6) is 5.88 Å². The van der Waals surface area contributed by atoms with Crippen LogP contribution in [0, 0.1) is 5.82 Å². The minimum absolute atomic E-state index is 0.130. The van der Waals surface area contributed by atoms with Crippen molar-refractivity contribution in [2.45, 2.75) is 0 Å². The average molecular weight is 436 g/mol. The zero-order chi connectivity index (χ0) is 20.8. The van der Waals surface area contributed by atoms with Crippen LogP contribution in [0.3, 0.4) is 0 Å². The van der Waals surface area contributed by atoms with Crippen LogP contribution in [0.15, 0.2) is 63.9 Å². The van der Waals surface area contributed by atoms with E-state index in [9.17, 15) is 14.3 Å². The zero-order valence-corrected chi connectivity index (χ0v) is 17.2. The normalized spacial score (nSPS) is 13.6. The summed E-state index contributed by atoms with van der Waals surface area (Å²) in [6, 6.07) is 13.7. The Morgan fingerprint density at radius 2 is 1.97 bits per heavy atom. The van der Waals surface area contributed by atoms with Gasteiger partial charge in [0.15, 0.2) is 4.80 Å². The lowest BCUT2D eigenvalue weighted by atomic mass is 10.1. The number of rotatable bonds is 3. The van der Waals surface area contributed by atoms with Crippen molar-refractivity contribution in [3.8, 4) is 17.1 Å². The zero-order valence-electron chi connectivity index (χ0n) is 15.5. The number of carbonyl (C=O) groups is 1. The van der Waals surface area contributed by atoms with E-state index in [-0.39, 0.29) is 11.5 Å². The second-order valence-electron chi connectivity index (χ2n) is 6.54. The fourth-order valence-corrected chi connectivity index (χ4v) is 4.97. The summed E-state index contributed by atoms with van der Waals surface area (Å²) < 4.78 is 15.2.